The maximum absolute atomic E-state index is 14.5. The van der Waals surface area contributed by atoms with Crippen molar-refractivity contribution in [2.45, 2.75) is 39.0 Å². The molecule has 3 heteroatoms. The summed E-state index contributed by atoms with van der Waals surface area (Å²) in [7, 11) is 1.46. The molecule has 0 fully saturated rings. The minimum absolute atomic E-state index is 0.188. The van der Waals surface area contributed by atoms with Crippen LogP contribution in [0, 0.1) is 11.6 Å². The molecule has 0 saturated carbocycles. The summed E-state index contributed by atoms with van der Waals surface area (Å²) in [6, 6.07) is 8.95. The Kier molecular flexibility index (Phi) is 4.98. The topological polar surface area (TPSA) is 9.23 Å². The van der Waals surface area contributed by atoms with Gasteiger partial charge in [0.05, 0.1) is 7.11 Å². The second-order valence-electron chi connectivity index (χ2n) is 6.24. The fourth-order valence-corrected chi connectivity index (χ4v) is 3.25. The van der Waals surface area contributed by atoms with Gasteiger partial charge in [0.25, 0.3) is 0 Å². The summed E-state index contributed by atoms with van der Waals surface area (Å²) in [5, 5.41) is 0. The zero-order valence-electron chi connectivity index (χ0n) is 14.2. The van der Waals surface area contributed by atoms with Crippen molar-refractivity contribution in [3.63, 3.8) is 0 Å². The van der Waals surface area contributed by atoms with Gasteiger partial charge in [0.2, 0.25) is 0 Å². The fraction of sp³-hybridized carbons (Fsp3) is 0.333. The Hall–Kier alpha value is -2.16. The Morgan fingerprint density at radius 1 is 1.08 bits per heavy atom. The molecule has 0 amide bonds. The van der Waals surface area contributed by atoms with E-state index in [2.05, 4.69) is 6.92 Å². The van der Waals surface area contributed by atoms with Crippen LogP contribution in [0.15, 0.2) is 30.3 Å². The highest BCUT2D eigenvalue weighted by Gasteiger charge is 2.19. The van der Waals surface area contributed by atoms with E-state index in [1.165, 1.54) is 7.11 Å². The van der Waals surface area contributed by atoms with Gasteiger partial charge in [-0.1, -0.05) is 37.6 Å². The Bertz CT molecular complexity index is 778. The average molecular weight is 328 g/mol. The van der Waals surface area contributed by atoms with Crippen LogP contribution in [0.1, 0.15) is 48.4 Å². The molecule has 0 aromatic heterocycles. The molecule has 0 saturated heterocycles. The molecule has 0 N–H and O–H groups in total. The lowest BCUT2D eigenvalue weighted by atomic mass is 9.87. The molecular formula is C21H22F2O. The predicted molar refractivity (Wildman–Crippen MR) is 94.2 cm³/mol. The van der Waals surface area contributed by atoms with Crippen LogP contribution in [0.2, 0.25) is 0 Å². The number of fused-ring (bicyclic) bond motifs is 1. The quantitative estimate of drug-likeness (QED) is 0.673. The highest BCUT2D eigenvalue weighted by molar-refractivity contribution is 5.85. The van der Waals surface area contributed by atoms with Gasteiger partial charge in [-0.15, -0.1) is 0 Å². The third-order valence-electron chi connectivity index (χ3n) is 4.64. The van der Waals surface area contributed by atoms with Gasteiger partial charge in [-0.05, 0) is 60.1 Å². The van der Waals surface area contributed by atoms with Crippen LogP contribution in [-0.2, 0) is 12.8 Å². The molecule has 0 atom stereocenters. The van der Waals surface area contributed by atoms with Gasteiger partial charge >= 0.3 is 0 Å². The van der Waals surface area contributed by atoms with Crippen molar-refractivity contribution in [2.75, 3.05) is 7.11 Å². The summed E-state index contributed by atoms with van der Waals surface area (Å²) in [4.78, 5) is 0. The van der Waals surface area contributed by atoms with Crippen molar-refractivity contribution in [3.8, 4) is 5.75 Å². The molecule has 0 radical (unpaired) electrons. The molecule has 0 heterocycles. The Labute approximate surface area is 142 Å². The first-order valence-electron chi connectivity index (χ1n) is 8.48. The SMILES string of the molecule is CCCCc1ccc(C2=Cc3ccc(OC)c(F)c3CC2)c(F)c1. The minimum atomic E-state index is -0.305. The third kappa shape index (κ3) is 3.21. The zero-order valence-corrected chi connectivity index (χ0v) is 14.2. The minimum Gasteiger partial charge on any atom is -0.494 e. The number of allylic oxidation sites excluding steroid dienone is 1. The summed E-state index contributed by atoms with van der Waals surface area (Å²) in [6.07, 6.45) is 6.14. The van der Waals surface area contributed by atoms with Gasteiger partial charge in [-0.25, -0.2) is 8.78 Å². The Morgan fingerprint density at radius 2 is 1.92 bits per heavy atom. The van der Waals surface area contributed by atoms with Crippen LogP contribution < -0.4 is 4.74 Å². The number of hydrogen-bond donors (Lipinski definition) is 0. The summed E-state index contributed by atoms with van der Waals surface area (Å²) >= 11 is 0. The molecule has 2 aromatic rings. The normalized spacial score (nSPS) is 13.4. The number of halogens is 2. The van der Waals surface area contributed by atoms with Gasteiger partial charge in [0.1, 0.15) is 5.82 Å². The standard InChI is InChI=1S/C21H22F2O/c1-3-4-5-14-6-9-17(19(22)12-14)15-7-10-18-16(13-15)8-11-20(24-2)21(18)23/h6,8-9,11-13H,3-5,7,10H2,1-2H3. The van der Waals surface area contributed by atoms with Crippen molar-refractivity contribution in [1.82, 2.24) is 0 Å². The molecular weight excluding hydrogens is 306 g/mol. The first-order chi connectivity index (χ1) is 11.6. The number of hydrogen-bond acceptors (Lipinski definition) is 1. The first-order valence-corrected chi connectivity index (χ1v) is 8.48. The molecule has 1 nitrogen and oxygen atoms in total. The van der Waals surface area contributed by atoms with Crippen LogP contribution in [-0.4, -0.2) is 7.11 Å². The number of rotatable bonds is 5. The zero-order chi connectivity index (χ0) is 17.1. The monoisotopic (exact) mass is 328 g/mol. The van der Waals surface area contributed by atoms with E-state index in [9.17, 15) is 8.78 Å². The Balaban J connectivity index is 1.92. The van der Waals surface area contributed by atoms with E-state index in [1.54, 1.807) is 12.1 Å². The Morgan fingerprint density at radius 3 is 2.62 bits per heavy atom. The van der Waals surface area contributed by atoms with Crippen LogP contribution in [0.4, 0.5) is 8.78 Å². The lowest BCUT2D eigenvalue weighted by molar-refractivity contribution is 0.384. The molecule has 1 aliphatic rings. The average Bonchev–Trinajstić information content (AvgIpc) is 2.60. The fourth-order valence-electron chi connectivity index (χ4n) is 3.25. The van der Waals surface area contributed by atoms with E-state index in [0.717, 1.165) is 36.0 Å². The van der Waals surface area contributed by atoms with E-state index in [0.29, 0.717) is 24.0 Å². The first kappa shape index (κ1) is 16.7. The third-order valence-corrected chi connectivity index (χ3v) is 4.64. The smallest absolute Gasteiger partial charge is 0.168 e. The lowest BCUT2D eigenvalue weighted by Crippen LogP contribution is -2.05. The van der Waals surface area contributed by atoms with Crippen molar-refractivity contribution in [1.29, 1.82) is 0 Å². The van der Waals surface area contributed by atoms with E-state index in [-0.39, 0.29) is 17.4 Å². The van der Waals surface area contributed by atoms with Gasteiger partial charge in [0.15, 0.2) is 11.6 Å². The second-order valence-corrected chi connectivity index (χ2v) is 6.24. The van der Waals surface area contributed by atoms with E-state index < -0.39 is 0 Å². The molecule has 0 unspecified atom stereocenters. The van der Waals surface area contributed by atoms with Crippen molar-refractivity contribution < 1.29 is 13.5 Å². The number of ether oxygens (including phenoxy) is 1. The highest BCUT2D eigenvalue weighted by atomic mass is 19.1. The molecule has 0 bridgehead atoms. The second kappa shape index (κ2) is 7.16. The molecule has 1 aliphatic carbocycles. The number of methoxy groups -OCH3 is 1. The number of benzene rings is 2. The van der Waals surface area contributed by atoms with Crippen molar-refractivity contribution >= 4 is 11.6 Å². The lowest BCUT2D eigenvalue weighted by Gasteiger charge is -2.19. The van der Waals surface area contributed by atoms with E-state index >= 15 is 0 Å². The van der Waals surface area contributed by atoms with Gasteiger partial charge < -0.3 is 4.74 Å². The van der Waals surface area contributed by atoms with Crippen LogP contribution in [0.3, 0.4) is 0 Å². The van der Waals surface area contributed by atoms with E-state index in [4.69, 9.17) is 4.74 Å². The molecule has 24 heavy (non-hydrogen) atoms. The summed E-state index contributed by atoms with van der Waals surface area (Å²) in [5.41, 5.74) is 4.04. The number of aryl methyl sites for hydroxylation is 1. The molecule has 126 valence electrons. The molecule has 0 spiro atoms. The van der Waals surface area contributed by atoms with Crippen LogP contribution >= 0.6 is 0 Å². The van der Waals surface area contributed by atoms with Crippen molar-refractivity contribution in [2.24, 2.45) is 0 Å². The molecule has 0 aliphatic heterocycles. The van der Waals surface area contributed by atoms with Crippen molar-refractivity contribution in [3.05, 3.63) is 64.2 Å². The molecule has 2 aromatic carbocycles. The summed E-state index contributed by atoms with van der Waals surface area (Å²) < 4.78 is 33.8. The highest BCUT2D eigenvalue weighted by Crippen LogP contribution is 2.35. The number of unbranched alkanes of at least 4 members (excludes halogenated alkanes) is 1. The predicted octanol–water partition coefficient (Wildman–Crippen LogP) is 5.80. The van der Waals surface area contributed by atoms with Gasteiger partial charge in [0, 0.05) is 5.56 Å². The maximum Gasteiger partial charge on any atom is 0.168 e. The maximum atomic E-state index is 14.5. The molecule has 3 rings (SSSR count). The van der Waals surface area contributed by atoms with Gasteiger partial charge in [-0.2, -0.15) is 0 Å². The summed E-state index contributed by atoms with van der Waals surface area (Å²) in [5.74, 6) is -0.231. The van der Waals surface area contributed by atoms with Gasteiger partial charge in [-0.3, -0.25) is 0 Å². The van der Waals surface area contributed by atoms with Crippen LogP contribution in [0.5, 0.6) is 5.75 Å². The van der Waals surface area contributed by atoms with E-state index in [1.807, 2.05) is 24.3 Å². The summed E-state index contributed by atoms with van der Waals surface area (Å²) in [6.45, 7) is 2.13. The van der Waals surface area contributed by atoms with Crippen LogP contribution in [0.25, 0.3) is 11.6 Å². The largest absolute Gasteiger partial charge is 0.494 e.